The maximum Gasteiger partial charge on any atom is 0.0991 e. The average Bonchev–Trinajstić information content (AvgIpc) is 3.97. The summed E-state index contributed by atoms with van der Waals surface area (Å²) < 4.78 is 9.91. The highest BCUT2D eigenvalue weighted by atomic mass is 32.1. The Balaban J connectivity index is 1.01. The molecule has 0 bridgehead atoms. The van der Waals surface area contributed by atoms with Crippen LogP contribution in [0.5, 0.6) is 0 Å². The second-order valence-electron chi connectivity index (χ2n) is 14.6. The van der Waals surface area contributed by atoms with Crippen LogP contribution in [0.1, 0.15) is 11.1 Å². The van der Waals surface area contributed by atoms with Crippen molar-refractivity contribution in [2.75, 3.05) is 0 Å². The minimum absolute atomic E-state index is 0.678. The normalized spacial score (nSPS) is 12.1. The van der Waals surface area contributed by atoms with Gasteiger partial charge in [-0.1, -0.05) is 60.2 Å². The number of nitrogens with zero attached hydrogens (tertiary/aromatic N) is 3. The quantitative estimate of drug-likeness (QED) is 0.178. The summed E-state index contributed by atoms with van der Waals surface area (Å²) in [5.41, 5.74) is 11.3. The molecule has 0 aliphatic rings. The summed E-state index contributed by atoms with van der Waals surface area (Å²) in [6.07, 6.45) is 0. The molecule has 0 N–H and O–H groups in total. The molecule has 0 fully saturated rings. The lowest BCUT2D eigenvalue weighted by Gasteiger charge is -2.09. The Morgan fingerprint density at radius 1 is 0.400 bits per heavy atom. The van der Waals surface area contributed by atoms with Gasteiger partial charge in [0.15, 0.2) is 0 Å². The fourth-order valence-corrected chi connectivity index (χ4v) is 11.0. The van der Waals surface area contributed by atoms with Gasteiger partial charge in [0.05, 0.1) is 33.7 Å². The van der Waals surface area contributed by atoms with Gasteiger partial charge in [-0.3, -0.25) is 0 Å². The predicted octanol–water partition coefficient (Wildman–Crippen LogP) is 14.5. The van der Waals surface area contributed by atoms with Crippen molar-refractivity contribution in [3.63, 3.8) is 0 Å². The molecule has 256 valence electrons. The van der Waals surface area contributed by atoms with Crippen LogP contribution in [-0.2, 0) is 0 Å². The van der Waals surface area contributed by atoms with Gasteiger partial charge in [-0.15, -0.1) is 22.7 Å². The zero-order valence-electron chi connectivity index (χ0n) is 29.7. The maximum atomic E-state index is 9.69. The van der Waals surface area contributed by atoms with Crippen molar-refractivity contribution in [3.8, 4) is 28.6 Å². The van der Waals surface area contributed by atoms with Gasteiger partial charge in [-0.05, 0) is 121 Å². The van der Waals surface area contributed by atoms with Crippen molar-refractivity contribution in [1.29, 1.82) is 5.26 Å². The van der Waals surface area contributed by atoms with E-state index >= 15 is 0 Å². The van der Waals surface area contributed by atoms with E-state index in [2.05, 4.69) is 168 Å². The second kappa shape index (κ2) is 11.4. The van der Waals surface area contributed by atoms with E-state index in [1.54, 1.807) is 0 Å². The van der Waals surface area contributed by atoms with Crippen LogP contribution in [0.4, 0.5) is 0 Å². The summed E-state index contributed by atoms with van der Waals surface area (Å²) in [6, 6.07) is 60.1. The molecule has 5 heteroatoms. The van der Waals surface area contributed by atoms with Crippen molar-refractivity contribution in [2.45, 2.75) is 6.92 Å². The number of benzene rings is 8. The number of para-hydroxylation sites is 2. The fourth-order valence-electron chi connectivity index (χ4n) is 8.85. The number of aryl methyl sites for hydroxylation is 1. The lowest BCUT2D eigenvalue weighted by Crippen LogP contribution is -1.93. The Bertz CT molecular complexity index is 3590. The first kappa shape index (κ1) is 30.7. The van der Waals surface area contributed by atoms with E-state index in [4.69, 9.17) is 0 Å². The summed E-state index contributed by atoms with van der Waals surface area (Å²) in [5, 5.41) is 19.6. The van der Waals surface area contributed by atoms with E-state index < -0.39 is 0 Å². The van der Waals surface area contributed by atoms with E-state index in [9.17, 15) is 5.26 Å². The van der Waals surface area contributed by atoms with Crippen molar-refractivity contribution in [3.05, 3.63) is 169 Å². The number of thiophene rings is 2. The van der Waals surface area contributed by atoms with Gasteiger partial charge in [-0.25, -0.2) is 0 Å². The highest BCUT2D eigenvalue weighted by Crippen LogP contribution is 2.42. The number of hydrogen-bond acceptors (Lipinski definition) is 3. The van der Waals surface area contributed by atoms with Crippen LogP contribution in [0.2, 0.25) is 0 Å². The first-order valence-corrected chi connectivity index (χ1v) is 20.1. The lowest BCUT2D eigenvalue weighted by atomic mass is 10.0. The van der Waals surface area contributed by atoms with Gasteiger partial charge in [0.2, 0.25) is 0 Å². The van der Waals surface area contributed by atoms with Gasteiger partial charge < -0.3 is 9.13 Å². The standard InChI is InChI=1S/C50H29N3S2/c1-29-10-16-45-37(22-29)38-23-30(28-51)11-17-46(38)53(45)34-15-21-50-42(27-34)40-25-32(13-19-48(40)55-50)31-12-18-47-39(24-31)41-26-33(14-20-49(41)54-47)52-43-8-4-2-6-35(43)36-7-3-5-9-44(36)52/h2-27H,1H3. The number of hydrogen-bond donors (Lipinski definition) is 0. The molecule has 0 saturated carbocycles. The van der Waals surface area contributed by atoms with Gasteiger partial charge in [0.25, 0.3) is 0 Å². The molecule has 4 aromatic heterocycles. The number of aromatic nitrogens is 2. The summed E-state index contributed by atoms with van der Waals surface area (Å²) in [4.78, 5) is 0. The first-order chi connectivity index (χ1) is 27.1. The van der Waals surface area contributed by atoms with Crippen molar-refractivity contribution in [2.24, 2.45) is 0 Å². The minimum atomic E-state index is 0.678. The summed E-state index contributed by atoms with van der Waals surface area (Å²) in [6.45, 7) is 2.13. The molecular weight excluding hydrogens is 707 g/mol. The maximum absolute atomic E-state index is 9.69. The average molecular weight is 736 g/mol. The SMILES string of the molecule is Cc1ccc2c(c1)c1cc(C#N)ccc1n2-c1ccc2sc3ccc(-c4ccc5sc6ccc(-n7c8ccccc8c8ccccc87)cc6c5c4)cc3c2c1. The van der Waals surface area contributed by atoms with Crippen LogP contribution in [-0.4, -0.2) is 9.13 Å². The van der Waals surface area contributed by atoms with E-state index in [1.165, 1.54) is 89.9 Å². The Kier molecular flexibility index (Phi) is 6.37. The highest BCUT2D eigenvalue weighted by Gasteiger charge is 2.17. The molecule has 4 heterocycles. The molecule has 12 rings (SSSR count). The van der Waals surface area contributed by atoms with Gasteiger partial charge in [-0.2, -0.15) is 5.26 Å². The summed E-state index contributed by atoms with van der Waals surface area (Å²) >= 11 is 3.71. The van der Waals surface area contributed by atoms with Crippen molar-refractivity contribution < 1.29 is 0 Å². The Hall–Kier alpha value is -6.71. The van der Waals surface area contributed by atoms with Crippen molar-refractivity contribution in [1.82, 2.24) is 9.13 Å². The largest absolute Gasteiger partial charge is 0.309 e. The Morgan fingerprint density at radius 2 is 0.855 bits per heavy atom. The molecule has 0 amide bonds. The van der Waals surface area contributed by atoms with Crippen LogP contribution in [0, 0.1) is 18.3 Å². The number of nitriles is 1. The zero-order chi connectivity index (χ0) is 36.4. The molecule has 0 unspecified atom stereocenters. The first-order valence-electron chi connectivity index (χ1n) is 18.5. The number of fused-ring (bicyclic) bond motifs is 12. The third kappa shape index (κ3) is 4.47. The minimum Gasteiger partial charge on any atom is -0.309 e. The van der Waals surface area contributed by atoms with Gasteiger partial charge >= 0.3 is 0 Å². The molecule has 0 atom stereocenters. The van der Waals surface area contributed by atoms with E-state index in [1.807, 2.05) is 34.8 Å². The van der Waals surface area contributed by atoms with Crippen LogP contribution >= 0.6 is 22.7 Å². The topological polar surface area (TPSA) is 33.6 Å². The molecule has 0 spiro atoms. The van der Waals surface area contributed by atoms with Gasteiger partial charge in [0.1, 0.15) is 0 Å². The molecule has 55 heavy (non-hydrogen) atoms. The highest BCUT2D eigenvalue weighted by molar-refractivity contribution is 7.26. The molecule has 8 aromatic carbocycles. The van der Waals surface area contributed by atoms with Crippen LogP contribution < -0.4 is 0 Å². The fraction of sp³-hybridized carbons (Fsp3) is 0.0200. The molecule has 0 saturated heterocycles. The molecule has 0 radical (unpaired) electrons. The van der Waals surface area contributed by atoms with E-state index in [-0.39, 0.29) is 0 Å². The van der Waals surface area contributed by atoms with Gasteiger partial charge in [0, 0.05) is 73.3 Å². The Morgan fingerprint density at radius 3 is 1.40 bits per heavy atom. The zero-order valence-corrected chi connectivity index (χ0v) is 31.3. The second-order valence-corrected chi connectivity index (χ2v) is 16.7. The smallest absolute Gasteiger partial charge is 0.0991 e. The molecule has 3 nitrogen and oxygen atoms in total. The Labute approximate surface area is 323 Å². The molecule has 0 aliphatic carbocycles. The summed E-state index contributed by atoms with van der Waals surface area (Å²) in [7, 11) is 0. The number of rotatable bonds is 3. The molecule has 0 aliphatic heterocycles. The van der Waals surface area contributed by atoms with E-state index in [0.717, 1.165) is 22.1 Å². The van der Waals surface area contributed by atoms with Crippen LogP contribution in [0.15, 0.2) is 158 Å². The third-order valence-electron chi connectivity index (χ3n) is 11.4. The van der Waals surface area contributed by atoms with Crippen LogP contribution in [0.25, 0.3) is 106 Å². The lowest BCUT2D eigenvalue weighted by molar-refractivity contribution is 1.18. The predicted molar refractivity (Wildman–Crippen MR) is 236 cm³/mol. The molecular formula is C50H29N3S2. The molecule has 12 aromatic rings. The van der Waals surface area contributed by atoms with E-state index in [0.29, 0.717) is 5.56 Å². The summed E-state index contributed by atoms with van der Waals surface area (Å²) in [5.74, 6) is 0. The van der Waals surface area contributed by atoms with Crippen LogP contribution in [0.3, 0.4) is 0 Å². The van der Waals surface area contributed by atoms with Crippen molar-refractivity contribution >= 4 is 107 Å². The third-order valence-corrected chi connectivity index (χ3v) is 13.7. The monoisotopic (exact) mass is 735 g/mol.